The van der Waals surface area contributed by atoms with Crippen molar-refractivity contribution in [1.82, 2.24) is 20.5 Å². The first-order valence-corrected chi connectivity index (χ1v) is 11.2. The number of ether oxygens (including phenoxy) is 1. The number of furan rings is 1. The molecule has 1 saturated heterocycles. The number of methoxy groups -OCH3 is 1. The third-order valence-corrected chi connectivity index (χ3v) is 6.64. The van der Waals surface area contributed by atoms with Gasteiger partial charge in [0.1, 0.15) is 17.1 Å². The molecular weight excluding hydrogens is 464 g/mol. The number of fused-ring (bicyclic) bond motifs is 2. The topological polar surface area (TPSA) is 134 Å². The summed E-state index contributed by atoms with van der Waals surface area (Å²) in [4.78, 5) is 55.2. The Morgan fingerprint density at radius 1 is 1.03 bits per heavy atom. The van der Waals surface area contributed by atoms with Crippen LogP contribution >= 0.6 is 0 Å². The number of carbonyl (C=O) groups is 3. The van der Waals surface area contributed by atoms with Crippen LogP contribution in [0.3, 0.4) is 0 Å². The highest BCUT2D eigenvalue weighted by Crippen LogP contribution is 2.35. The molecular formula is C26H20N4O6. The van der Waals surface area contributed by atoms with Crippen LogP contribution in [0.1, 0.15) is 21.7 Å². The van der Waals surface area contributed by atoms with Crippen molar-refractivity contribution in [3.05, 3.63) is 88.0 Å². The van der Waals surface area contributed by atoms with E-state index < -0.39 is 17.5 Å². The first kappa shape index (κ1) is 21.7. The van der Waals surface area contributed by atoms with Gasteiger partial charge in [-0.25, -0.2) is 4.79 Å². The van der Waals surface area contributed by atoms with E-state index in [4.69, 9.17) is 9.15 Å². The summed E-state index contributed by atoms with van der Waals surface area (Å²) in [5.74, 6) is -0.163. The lowest BCUT2D eigenvalue weighted by Crippen LogP contribution is -2.52. The van der Waals surface area contributed by atoms with Gasteiger partial charge >= 0.3 is 6.03 Å². The van der Waals surface area contributed by atoms with Crippen molar-refractivity contribution < 1.29 is 23.5 Å². The molecule has 10 heteroatoms. The number of amides is 4. The van der Waals surface area contributed by atoms with Gasteiger partial charge in [0.2, 0.25) is 0 Å². The number of urea groups is 1. The molecule has 1 fully saturated rings. The summed E-state index contributed by atoms with van der Waals surface area (Å²) in [7, 11) is 1.52. The van der Waals surface area contributed by atoms with Gasteiger partial charge in [0, 0.05) is 41.5 Å². The first-order chi connectivity index (χ1) is 17.4. The summed E-state index contributed by atoms with van der Waals surface area (Å²) in [6, 6.07) is 12.9. The minimum Gasteiger partial charge on any atom is -0.497 e. The number of carbonyl (C=O) groups excluding carboxylic acids is 3. The van der Waals surface area contributed by atoms with Gasteiger partial charge < -0.3 is 24.4 Å². The fourth-order valence-corrected chi connectivity index (χ4v) is 4.79. The van der Waals surface area contributed by atoms with Crippen LogP contribution in [0.15, 0.2) is 70.1 Å². The number of benzene rings is 2. The highest BCUT2D eigenvalue weighted by Gasteiger charge is 2.53. The minimum absolute atomic E-state index is 0.133. The van der Waals surface area contributed by atoms with E-state index in [1.165, 1.54) is 18.1 Å². The van der Waals surface area contributed by atoms with Crippen molar-refractivity contribution in [2.45, 2.75) is 12.1 Å². The van der Waals surface area contributed by atoms with Gasteiger partial charge in [0.15, 0.2) is 11.0 Å². The average molecular weight is 484 g/mol. The first-order valence-electron chi connectivity index (χ1n) is 11.2. The van der Waals surface area contributed by atoms with Gasteiger partial charge in [-0.3, -0.25) is 19.7 Å². The van der Waals surface area contributed by atoms with E-state index in [1.54, 1.807) is 54.9 Å². The van der Waals surface area contributed by atoms with Crippen molar-refractivity contribution in [2.24, 2.45) is 0 Å². The Kier molecular flexibility index (Phi) is 4.72. The summed E-state index contributed by atoms with van der Waals surface area (Å²) in [5.41, 5.74) is 1.04. The number of aromatic amines is 1. The number of H-pyrrole nitrogens is 1. The van der Waals surface area contributed by atoms with E-state index in [0.717, 1.165) is 5.56 Å². The molecule has 2 aliphatic heterocycles. The van der Waals surface area contributed by atoms with E-state index in [9.17, 15) is 19.2 Å². The fraction of sp³-hybridized carbons (Fsp3) is 0.154. The molecule has 36 heavy (non-hydrogen) atoms. The molecule has 3 N–H and O–H groups in total. The molecule has 2 aliphatic rings. The lowest BCUT2D eigenvalue weighted by Gasteiger charge is -2.29. The zero-order valence-corrected chi connectivity index (χ0v) is 19.1. The van der Waals surface area contributed by atoms with Crippen LogP contribution in [0.2, 0.25) is 0 Å². The van der Waals surface area contributed by atoms with Crippen LogP contribution in [0.25, 0.3) is 22.1 Å². The molecule has 4 aromatic rings. The van der Waals surface area contributed by atoms with Crippen LogP contribution in [-0.2, 0) is 16.9 Å². The van der Waals surface area contributed by atoms with Crippen molar-refractivity contribution in [2.75, 3.05) is 13.7 Å². The Morgan fingerprint density at radius 2 is 1.89 bits per heavy atom. The molecule has 0 aliphatic carbocycles. The number of aromatic nitrogens is 1. The van der Waals surface area contributed by atoms with Gasteiger partial charge in [0.25, 0.3) is 11.8 Å². The Labute approximate surface area is 203 Å². The van der Waals surface area contributed by atoms with Crippen LogP contribution in [-0.4, -0.2) is 41.4 Å². The largest absolute Gasteiger partial charge is 0.497 e. The van der Waals surface area contributed by atoms with Crippen molar-refractivity contribution >= 4 is 28.8 Å². The third-order valence-electron chi connectivity index (χ3n) is 6.64. The minimum atomic E-state index is -1.62. The lowest BCUT2D eigenvalue weighted by atomic mass is 9.95. The number of hydrogen-bond donors (Lipinski definition) is 3. The van der Waals surface area contributed by atoms with Gasteiger partial charge in [-0.1, -0.05) is 18.2 Å². The van der Waals surface area contributed by atoms with Crippen LogP contribution in [0.5, 0.6) is 5.75 Å². The maximum absolute atomic E-state index is 13.2. The second-order valence-corrected chi connectivity index (χ2v) is 8.78. The number of pyridine rings is 1. The van der Waals surface area contributed by atoms with Crippen molar-refractivity contribution in [3.8, 4) is 16.9 Å². The molecule has 1 atom stereocenters. The van der Waals surface area contributed by atoms with Crippen molar-refractivity contribution in [1.29, 1.82) is 0 Å². The molecule has 10 nitrogen and oxygen atoms in total. The second kappa shape index (κ2) is 7.84. The molecule has 2 aromatic heterocycles. The summed E-state index contributed by atoms with van der Waals surface area (Å²) in [6.45, 7) is 0.135. The molecule has 0 spiro atoms. The van der Waals surface area contributed by atoms with Gasteiger partial charge in [-0.05, 0) is 35.4 Å². The smallest absolute Gasteiger partial charge is 0.322 e. The third kappa shape index (κ3) is 3.26. The number of rotatable bonds is 5. The zero-order chi connectivity index (χ0) is 25.0. The predicted octanol–water partition coefficient (Wildman–Crippen LogP) is 2.49. The van der Waals surface area contributed by atoms with E-state index in [1.807, 2.05) is 0 Å². The maximum Gasteiger partial charge on any atom is 0.322 e. The molecule has 6 rings (SSSR count). The zero-order valence-electron chi connectivity index (χ0n) is 19.1. The summed E-state index contributed by atoms with van der Waals surface area (Å²) >= 11 is 0. The molecule has 0 saturated carbocycles. The predicted molar refractivity (Wildman–Crippen MR) is 128 cm³/mol. The normalized spacial score (nSPS) is 18.9. The highest BCUT2D eigenvalue weighted by atomic mass is 16.5. The van der Waals surface area contributed by atoms with Crippen LogP contribution in [0.4, 0.5) is 4.79 Å². The molecule has 0 unspecified atom stereocenters. The standard InChI is InChI=1S/C26H20N4O6/c1-35-17-5-4-16-12-30(23(32)18(16)10-17)13-26(24(33)28-25(34)29-26)22-9-15-3-2-14(8-21(15)36-22)19-11-27-7-6-20(19)31/h2-11H,12-13H2,1H3,(H,27,31)(H2,28,29,33,34)/t26-/m0/s1. The highest BCUT2D eigenvalue weighted by molar-refractivity contribution is 6.08. The summed E-state index contributed by atoms with van der Waals surface area (Å²) in [6.07, 6.45) is 3.15. The number of imide groups is 1. The van der Waals surface area contributed by atoms with Gasteiger partial charge in [-0.15, -0.1) is 0 Å². The molecule has 180 valence electrons. The van der Waals surface area contributed by atoms with Crippen molar-refractivity contribution in [3.63, 3.8) is 0 Å². The van der Waals surface area contributed by atoms with E-state index in [0.29, 0.717) is 33.4 Å². The molecule has 4 amide bonds. The fourth-order valence-electron chi connectivity index (χ4n) is 4.79. The molecule has 0 bridgehead atoms. The average Bonchev–Trinajstić information content (AvgIpc) is 3.52. The molecule has 2 aromatic carbocycles. The summed E-state index contributed by atoms with van der Waals surface area (Å²) < 4.78 is 11.3. The SMILES string of the molecule is COc1ccc2c(c1)C(=O)N(C[C@@]1(c3cc4ccc(-c5c[nH]ccc5=O)cc4o3)NC(=O)NC1=O)C2. The van der Waals surface area contributed by atoms with Crippen LogP contribution in [0, 0.1) is 0 Å². The van der Waals surface area contributed by atoms with E-state index in [-0.39, 0.29) is 30.2 Å². The monoisotopic (exact) mass is 484 g/mol. The van der Waals surface area contributed by atoms with E-state index in [2.05, 4.69) is 15.6 Å². The number of nitrogens with one attached hydrogen (secondary N) is 3. The number of nitrogens with zero attached hydrogens (tertiary/aromatic N) is 1. The lowest BCUT2D eigenvalue weighted by molar-refractivity contribution is -0.125. The summed E-state index contributed by atoms with van der Waals surface area (Å²) in [5, 5.41) is 5.63. The number of hydrogen-bond acceptors (Lipinski definition) is 6. The quantitative estimate of drug-likeness (QED) is 0.373. The van der Waals surface area contributed by atoms with Gasteiger partial charge in [0.05, 0.1) is 13.7 Å². The Morgan fingerprint density at radius 3 is 2.64 bits per heavy atom. The molecule has 4 heterocycles. The molecule has 0 radical (unpaired) electrons. The Bertz CT molecular complexity index is 1640. The van der Waals surface area contributed by atoms with Crippen LogP contribution < -0.4 is 20.8 Å². The van der Waals surface area contributed by atoms with E-state index >= 15 is 0 Å². The Hall–Kier alpha value is -4.86. The maximum atomic E-state index is 13.2. The Balaban J connectivity index is 1.40. The second-order valence-electron chi connectivity index (χ2n) is 8.78. The van der Waals surface area contributed by atoms with Gasteiger partial charge in [-0.2, -0.15) is 0 Å².